The third kappa shape index (κ3) is 6.16. The lowest BCUT2D eigenvalue weighted by Gasteiger charge is -2.22. The van der Waals surface area contributed by atoms with E-state index in [4.69, 9.17) is 10.5 Å². The lowest BCUT2D eigenvalue weighted by atomic mass is 9.98. The van der Waals surface area contributed by atoms with Crippen molar-refractivity contribution < 1.29 is 9.53 Å². The molecule has 0 heterocycles. The first-order valence-electron chi connectivity index (χ1n) is 8.44. The standard InChI is InChI=1S/C18H28N2O2/c19-17(15-8-3-1-4-9-15)14-18(21)20-12-7-13-22-16-10-5-2-6-11-16/h1,3-4,8-9,16-17H,2,5-7,10-14,19H2,(H,20,21). The Morgan fingerprint density at radius 1 is 1.23 bits per heavy atom. The summed E-state index contributed by atoms with van der Waals surface area (Å²) < 4.78 is 5.84. The second kappa shape index (κ2) is 9.59. The summed E-state index contributed by atoms with van der Waals surface area (Å²) in [4.78, 5) is 11.9. The van der Waals surface area contributed by atoms with Gasteiger partial charge in [-0.2, -0.15) is 0 Å². The number of carbonyl (C=O) groups excluding carboxylic acids is 1. The number of amides is 1. The highest BCUT2D eigenvalue weighted by Gasteiger charge is 2.13. The lowest BCUT2D eigenvalue weighted by molar-refractivity contribution is -0.121. The van der Waals surface area contributed by atoms with Crippen LogP contribution >= 0.6 is 0 Å². The minimum absolute atomic E-state index is 0.00835. The summed E-state index contributed by atoms with van der Waals surface area (Å²) >= 11 is 0. The van der Waals surface area contributed by atoms with Crippen molar-refractivity contribution in [2.24, 2.45) is 5.73 Å². The maximum atomic E-state index is 11.9. The fraction of sp³-hybridized carbons (Fsp3) is 0.611. The first-order valence-corrected chi connectivity index (χ1v) is 8.44. The van der Waals surface area contributed by atoms with Gasteiger partial charge in [0.1, 0.15) is 0 Å². The fourth-order valence-electron chi connectivity index (χ4n) is 2.87. The van der Waals surface area contributed by atoms with E-state index in [1.54, 1.807) is 0 Å². The van der Waals surface area contributed by atoms with E-state index in [1.165, 1.54) is 32.1 Å². The SMILES string of the molecule is NC(CC(=O)NCCCOC1CCCCC1)c1ccccc1. The molecule has 1 aliphatic carbocycles. The first-order chi connectivity index (χ1) is 10.8. The fourth-order valence-corrected chi connectivity index (χ4v) is 2.87. The molecule has 1 aliphatic rings. The third-order valence-electron chi connectivity index (χ3n) is 4.18. The smallest absolute Gasteiger partial charge is 0.221 e. The van der Waals surface area contributed by atoms with Gasteiger partial charge in [0.05, 0.1) is 6.10 Å². The van der Waals surface area contributed by atoms with Gasteiger partial charge in [0.15, 0.2) is 0 Å². The van der Waals surface area contributed by atoms with Gasteiger partial charge < -0.3 is 15.8 Å². The second-order valence-electron chi connectivity index (χ2n) is 6.06. The highest BCUT2D eigenvalue weighted by molar-refractivity contribution is 5.76. The third-order valence-corrected chi connectivity index (χ3v) is 4.18. The number of rotatable bonds is 8. The van der Waals surface area contributed by atoms with E-state index in [2.05, 4.69) is 5.32 Å². The van der Waals surface area contributed by atoms with Crippen LogP contribution in [0.25, 0.3) is 0 Å². The Morgan fingerprint density at radius 2 is 1.95 bits per heavy atom. The highest BCUT2D eigenvalue weighted by atomic mass is 16.5. The molecule has 122 valence electrons. The maximum absolute atomic E-state index is 11.9. The zero-order valence-electron chi connectivity index (χ0n) is 13.3. The lowest BCUT2D eigenvalue weighted by Crippen LogP contribution is -2.29. The van der Waals surface area contributed by atoms with E-state index in [0.29, 0.717) is 19.1 Å². The monoisotopic (exact) mass is 304 g/mol. The molecule has 4 nitrogen and oxygen atoms in total. The van der Waals surface area contributed by atoms with Crippen LogP contribution in [0.15, 0.2) is 30.3 Å². The summed E-state index contributed by atoms with van der Waals surface area (Å²) in [6.45, 7) is 1.39. The van der Waals surface area contributed by atoms with Crippen molar-refractivity contribution in [3.63, 3.8) is 0 Å². The van der Waals surface area contributed by atoms with Gasteiger partial charge in [-0.15, -0.1) is 0 Å². The highest BCUT2D eigenvalue weighted by Crippen LogP contribution is 2.20. The summed E-state index contributed by atoms with van der Waals surface area (Å²) in [5.74, 6) is 0.00835. The number of nitrogens with two attached hydrogens (primary N) is 1. The Kier molecular flexibility index (Phi) is 7.40. The van der Waals surface area contributed by atoms with Crippen molar-refractivity contribution in [3.8, 4) is 0 Å². The molecule has 0 aromatic heterocycles. The molecule has 1 aromatic rings. The van der Waals surface area contributed by atoms with Crippen molar-refractivity contribution in [1.82, 2.24) is 5.32 Å². The zero-order valence-corrected chi connectivity index (χ0v) is 13.3. The average molecular weight is 304 g/mol. The Balaban J connectivity index is 1.54. The number of hydrogen-bond acceptors (Lipinski definition) is 3. The van der Waals surface area contributed by atoms with Crippen LogP contribution in [-0.4, -0.2) is 25.2 Å². The Labute approximate surface area is 133 Å². The number of ether oxygens (including phenoxy) is 1. The number of hydrogen-bond donors (Lipinski definition) is 2. The predicted molar refractivity (Wildman–Crippen MR) is 88.4 cm³/mol. The molecule has 1 unspecified atom stereocenters. The minimum atomic E-state index is -0.236. The largest absolute Gasteiger partial charge is 0.378 e. The molecule has 1 saturated carbocycles. The topological polar surface area (TPSA) is 64.4 Å². The van der Waals surface area contributed by atoms with Gasteiger partial charge in [-0.1, -0.05) is 49.6 Å². The molecule has 3 N–H and O–H groups in total. The molecule has 0 spiro atoms. The van der Waals surface area contributed by atoms with Gasteiger partial charge in [-0.25, -0.2) is 0 Å². The van der Waals surface area contributed by atoms with E-state index in [0.717, 1.165) is 18.6 Å². The van der Waals surface area contributed by atoms with Gasteiger partial charge >= 0.3 is 0 Å². The van der Waals surface area contributed by atoms with E-state index in [9.17, 15) is 4.79 Å². The Hall–Kier alpha value is -1.39. The van der Waals surface area contributed by atoms with Crippen molar-refractivity contribution >= 4 is 5.91 Å². The van der Waals surface area contributed by atoms with Gasteiger partial charge in [0.2, 0.25) is 5.91 Å². The molecule has 0 bridgehead atoms. The van der Waals surface area contributed by atoms with E-state index >= 15 is 0 Å². The van der Waals surface area contributed by atoms with Crippen LogP contribution in [0.1, 0.15) is 56.6 Å². The summed E-state index contributed by atoms with van der Waals surface area (Å²) in [7, 11) is 0. The van der Waals surface area contributed by atoms with Crippen LogP contribution < -0.4 is 11.1 Å². The van der Waals surface area contributed by atoms with Crippen molar-refractivity contribution in [2.75, 3.05) is 13.2 Å². The van der Waals surface area contributed by atoms with Crippen LogP contribution in [-0.2, 0) is 9.53 Å². The zero-order chi connectivity index (χ0) is 15.6. The molecule has 1 atom stereocenters. The Morgan fingerprint density at radius 3 is 2.68 bits per heavy atom. The molecule has 1 aromatic carbocycles. The summed E-state index contributed by atoms with van der Waals surface area (Å²) in [5.41, 5.74) is 7.04. The van der Waals surface area contributed by atoms with Crippen molar-refractivity contribution in [2.45, 2.75) is 57.1 Å². The molecule has 22 heavy (non-hydrogen) atoms. The van der Waals surface area contributed by atoms with Gasteiger partial charge in [0.25, 0.3) is 0 Å². The number of nitrogens with one attached hydrogen (secondary N) is 1. The molecule has 4 heteroatoms. The van der Waals surface area contributed by atoms with Gasteiger partial charge in [-0.3, -0.25) is 4.79 Å². The molecule has 1 amide bonds. The number of benzene rings is 1. The molecule has 0 radical (unpaired) electrons. The second-order valence-corrected chi connectivity index (χ2v) is 6.06. The van der Waals surface area contributed by atoms with Crippen LogP contribution in [0.4, 0.5) is 0 Å². The first kappa shape index (κ1) is 17.0. The van der Waals surface area contributed by atoms with Crippen LogP contribution in [0.2, 0.25) is 0 Å². The summed E-state index contributed by atoms with van der Waals surface area (Å²) in [5, 5.41) is 2.92. The molecule has 0 saturated heterocycles. The number of carbonyl (C=O) groups is 1. The summed E-state index contributed by atoms with van der Waals surface area (Å²) in [6, 6.07) is 9.50. The van der Waals surface area contributed by atoms with Crippen molar-refractivity contribution in [3.05, 3.63) is 35.9 Å². The van der Waals surface area contributed by atoms with E-state index < -0.39 is 0 Å². The molecule has 1 fully saturated rings. The minimum Gasteiger partial charge on any atom is -0.378 e. The quantitative estimate of drug-likeness (QED) is 0.726. The molecular formula is C18H28N2O2. The van der Waals surface area contributed by atoms with Crippen LogP contribution in [0.5, 0.6) is 0 Å². The van der Waals surface area contributed by atoms with Gasteiger partial charge in [0, 0.05) is 25.6 Å². The van der Waals surface area contributed by atoms with Crippen LogP contribution in [0.3, 0.4) is 0 Å². The summed E-state index contributed by atoms with van der Waals surface area (Å²) in [6.07, 6.45) is 7.94. The average Bonchev–Trinajstić information content (AvgIpc) is 2.56. The maximum Gasteiger partial charge on any atom is 0.221 e. The molecule has 2 rings (SSSR count). The van der Waals surface area contributed by atoms with Gasteiger partial charge in [-0.05, 0) is 24.8 Å². The Bertz CT molecular complexity index is 430. The van der Waals surface area contributed by atoms with Crippen molar-refractivity contribution in [1.29, 1.82) is 0 Å². The van der Waals surface area contributed by atoms with E-state index in [-0.39, 0.29) is 11.9 Å². The molecular weight excluding hydrogens is 276 g/mol. The normalized spacial score (nSPS) is 17.1. The molecule has 0 aliphatic heterocycles. The van der Waals surface area contributed by atoms with Crippen LogP contribution in [0, 0.1) is 0 Å². The van der Waals surface area contributed by atoms with E-state index in [1.807, 2.05) is 30.3 Å². The predicted octanol–water partition coefficient (Wildman–Crippen LogP) is 2.93.